The molecule has 2 N–H and O–H groups in total. The highest BCUT2D eigenvalue weighted by atomic mass is 16.5. The molecule has 0 aromatic rings. The van der Waals surface area contributed by atoms with Crippen molar-refractivity contribution in [2.24, 2.45) is 5.41 Å². The van der Waals surface area contributed by atoms with Crippen LogP contribution in [-0.4, -0.2) is 37.2 Å². The van der Waals surface area contributed by atoms with Crippen LogP contribution in [0.3, 0.4) is 0 Å². The molecular weight excluding hydrogens is 240 g/mol. The highest BCUT2D eigenvalue weighted by Crippen LogP contribution is 2.46. The Kier molecular flexibility index (Phi) is 6.27. The van der Waals surface area contributed by atoms with Crippen LogP contribution in [0.2, 0.25) is 0 Å². The van der Waals surface area contributed by atoms with Gasteiger partial charge in [0.15, 0.2) is 0 Å². The molecule has 1 rings (SSSR count). The van der Waals surface area contributed by atoms with E-state index in [-0.39, 0.29) is 17.4 Å². The smallest absolute Gasteiger partial charge is 0.236 e. The molecular formula is C15H30N2O2. The largest absolute Gasteiger partial charge is 0.378 e. The number of nitrogens with one attached hydrogen (secondary N) is 2. The fourth-order valence-electron chi connectivity index (χ4n) is 2.79. The van der Waals surface area contributed by atoms with E-state index in [1.165, 1.54) is 0 Å². The maximum atomic E-state index is 11.9. The first kappa shape index (κ1) is 16.4. The molecule has 4 unspecified atom stereocenters. The van der Waals surface area contributed by atoms with Gasteiger partial charge in [0.2, 0.25) is 5.91 Å². The van der Waals surface area contributed by atoms with Crippen molar-refractivity contribution < 1.29 is 9.53 Å². The minimum atomic E-state index is -0.134. The van der Waals surface area contributed by atoms with E-state index in [9.17, 15) is 4.79 Å². The lowest BCUT2D eigenvalue weighted by Crippen LogP contribution is -2.65. The summed E-state index contributed by atoms with van der Waals surface area (Å²) in [5, 5.41) is 6.40. The molecule has 4 atom stereocenters. The van der Waals surface area contributed by atoms with E-state index in [2.05, 4.69) is 31.4 Å². The molecule has 0 aromatic heterocycles. The molecule has 0 spiro atoms. The van der Waals surface area contributed by atoms with Gasteiger partial charge in [0.1, 0.15) is 0 Å². The van der Waals surface area contributed by atoms with Crippen molar-refractivity contribution >= 4 is 5.91 Å². The lowest BCUT2D eigenvalue weighted by molar-refractivity contribution is -0.135. The van der Waals surface area contributed by atoms with Crippen molar-refractivity contribution in [2.75, 3.05) is 13.2 Å². The molecule has 4 nitrogen and oxygen atoms in total. The maximum absolute atomic E-state index is 11.9. The van der Waals surface area contributed by atoms with Crippen molar-refractivity contribution in [2.45, 2.75) is 72.1 Å². The van der Waals surface area contributed by atoms with E-state index in [0.29, 0.717) is 12.1 Å². The average Bonchev–Trinajstić information content (AvgIpc) is 2.42. The summed E-state index contributed by atoms with van der Waals surface area (Å²) in [6.45, 7) is 12.0. The van der Waals surface area contributed by atoms with E-state index in [1.807, 2.05) is 13.8 Å². The van der Waals surface area contributed by atoms with E-state index >= 15 is 0 Å². The summed E-state index contributed by atoms with van der Waals surface area (Å²) in [5.41, 5.74) is 0.148. The molecule has 0 saturated heterocycles. The normalized spacial score (nSPS) is 31.6. The Bertz CT molecular complexity index is 296. The first-order valence-electron chi connectivity index (χ1n) is 7.64. The fourth-order valence-corrected chi connectivity index (χ4v) is 2.79. The second kappa shape index (κ2) is 7.25. The van der Waals surface area contributed by atoms with Crippen molar-refractivity contribution in [3.63, 3.8) is 0 Å². The summed E-state index contributed by atoms with van der Waals surface area (Å²) >= 11 is 0. The number of carbonyl (C=O) groups excluding carboxylic acids is 1. The van der Waals surface area contributed by atoms with Gasteiger partial charge in [-0.25, -0.2) is 0 Å². The Morgan fingerprint density at radius 1 is 1.42 bits per heavy atom. The van der Waals surface area contributed by atoms with E-state index < -0.39 is 0 Å². The van der Waals surface area contributed by atoms with Crippen LogP contribution in [0.25, 0.3) is 0 Å². The highest BCUT2D eigenvalue weighted by Gasteiger charge is 2.51. The zero-order valence-electron chi connectivity index (χ0n) is 13.1. The van der Waals surface area contributed by atoms with E-state index in [0.717, 1.165) is 32.4 Å². The number of rotatable bonds is 8. The zero-order valence-corrected chi connectivity index (χ0v) is 13.1. The van der Waals surface area contributed by atoms with Crippen molar-refractivity contribution in [3.05, 3.63) is 0 Å². The van der Waals surface area contributed by atoms with E-state index in [1.54, 1.807) is 0 Å². The predicted octanol–water partition coefficient (Wildman–Crippen LogP) is 2.08. The van der Waals surface area contributed by atoms with Crippen LogP contribution in [0.15, 0.2) is 0 Å². The summed E-state index contributed by atoms with van der Waals surface area (Å²) < 4.78 is 5.78. The quantitative estimate of drug-likeness (QED) is 0.710. The molecule has 1 aliphatic rings. The molecule has 1 aliphatic carbocycles. The summed E-state index contributed by atoms with van der Waals surface area (Å²) in [6.07, 6.45) is 3.37. The number of hydrogen-bond acceptors (Lipinski definition) is 3. The number of ether oxygens (including phenoxy) is 1. The van der Waals surface area contributed by atoms with Gasteiger partial charge in [-0.3, -0.25) is 4.79 Å². The van der Waals surface area contributed by atoms with Crippen molar-refractivity contribution in [1.82, 2.24) is 10.6 Å². The van der Waals surface area contributed by atoms with Crippen molar-refractivity contribution in [3.8, 4) is 0 Å². The standard InChI is InChI=1S/C15H30N2O2/c1-6-9-16-14(18)11(4)17-12-10-13(19-8-3)15(12,5)7-2/h11-13,17H,6-10H2,1-5H3,(H,16,18). The van der Waals surface area contributed by atoms with Gasteiger partial charge in [-0.1, -0.05) is 20.8 Å². The third-order valence-electron chi connectivity index (χ3n) is 4.50. The van der Waals surface area contributed by atoms with Gasteiger partial charge in [-0.2, -0.15) is 0 Å². The third kappa shape index (κ3) is 3.69. The number of hydrogen-bond donors (Lipinski definition) is 2. The second-order valence-electron chi connectivity index (χ2n) is 5.77. The summed E-state index contributed by atoms with van der Waals surface area (Å²) in [7, 11) is 0. The Labute approximate surface area is 117 Å². The monoisotopic (exact) mass is 270 g/mol. The predicted molar refractivity (Wildman–Crippen MR) is 78.1 cm³/mol. The SMILES string of the molecule is CCCNC(=O)C(C)NC1CC(OCC)C1(C)CC. The summed E-state index contributed by atoms with van der Waals surface area (Å²) in [4.78, 5) is 11.9. The first-order chi connectivity index (χ1) is 8.99. The van der Waals surface area contributed by atoms with Gasteiger partial charge < -0.3 is 15.4 Å². The summed E-state index contributed by atoms with van der Waals surface area (Å²) in [6, 6.07) is 0.237. The van der Waals surface area contributed by atoms with Crippen LogP contribution in [0.5, 0.6) is 0 Å². The van der Waals surface area contributed by atoms with Gasteiger partial charge in [-0.05, 0) is 33.1 Å². The molecule has 1 amide bonds. The molecule has 4 heteroatoms. The molecule has 112 valence electrons. The Morgan fingerprint density at radius 3 is 2.63 bits per heavy atom. The molecule has 19 heavy (non-hydrogen) atoms. The maximum Gasteiger partial charge on any atom is 0.236 e. The third-order valence-corrected chi connectivity index (χ3v) is 4.50. The molecule has 1 fully saturated rings. The van der Waals surface area contributed by atoms with Crippen LogP contribution in [0.1, 0.15) is 53.9 Å². The highest BCUT2D eigenvalue weighted by molar-refractivity contribution is 5.81. The van der Waals surface area contributed by atoms with Gasteiger partial charge in [0.25, 0.3) is 0 Å². The topological polar surface area (TPSA) is 50.4 Å². The summed E-state index contributed by atoms with van der Waals surface area (Å²) in [5.74, 6) is 0.0974. The lowest BCUT2D eigenvalue weighted by atomic mass is 9.61. The minimum Gasteiger partial charge on any atom is -0.378 e. The van der Waals surface area contributed by atoms with Crippen molar-refractivity contribution in [1.29, 1.82) is 0 Å². The van der Waals surface area contributed by atoms with Gasteiger partial charge in [0, 0.05) is 24.6 Å². The van der Waals surface area contributed by atoms with E-state index in [4.69, 9.17) is 4.74 Å². The number of carbonyl (C=O) groups is 1. The number of amides is 1. The minimum absolute atomic E-state index is 0.0974. The van der Waals surface area contributed by atoms with Crippen LogP contribution in [0, 0.1) is 5.41 Å². The second-order valence-corrected chi connectivity index (χ2v) is 5.77. The molecule has 1 saturated carbocycles. The molecule has 0 heterocycles. The Hall–Kier alpha value is -0.610. The molecule has 0 aromatic carbocycles. The Morgan fingerprint density at radius 2 is 2.11 bits per heavy atom. The lowest BCUT2D eigenvalue weighted by Gasteiger charge is -2.54. The van der Waals surface area contributed by atoms with Gasteiger partial charge in [0.05, 0.1) is 12.1 Å². The average molecular weight is 270 g/mol. The van der Waals surface area contributed by atoms with Crippen LogP contribution >= 0.6 is 0 Å². The first-order valence-corrected chi connectivity index (χ1v) is 7.64. The molecule has 0 aliphatic heterocycles. The van der Waals surface area contributed by atoms with Gasteiger partial charge >= 0.3 is 0 Å². The fraction of sp³-hybridized carbons (Fsp3) is 0.933. The zero-order chi connectivity index (χ0) is 14.5. The van der Waals surface area contributed by atoms with Crippen LogP contribution in [0.4, 0.5) is 0 Å². The molecule has 0 radical (unpaired) electrons. The van der Waals surface area contributed by atoms with Crippen LogP contribution in [-0.2, 0) is 9.53 Å². The molecule has 0 bridgehead atoms. The van der Waals surface area contributed by atoms with Crippen LogP contribution < -0.4 is 10.6 Å². The Balaban J connectivity index is 2.47. The van der Waals surface area contributed by atoms with Gasteiger partial charge in [-0.15, -0.1) is 0 Å².